The van der Waals surface area contributed by atoms with Gasteiger partial charge in [-0.3, -0.25) is 15.0 Å². The van der Waals surface area contributed by atoms with Gasteiger partial charge in [0.1, 0.15) is 11.5 Å². The molecule has 0 saturated heterocycles. The Hall–Kier alpha value is -3.96. The third-order valence-electron chi connectivity index (χ3n) is 7.82. The third kappa shape index (κ3) is 5.71. The fourth-order valence-electron chi connectivity index (χ4n) is 5.57. The van der Waals surface area contributed by atoms with Crippen LogP contribution in [0.2, 0.25) is 0 Å². The zero-order chi connectivity index (χ0) is 29.4. The monoisotopic (exact) mass is 588 g/mol. The number of nitrogens with zero attached hydrogens (tertiary/aromatic N) is 3. The van der Waals surface area contributed by atoms with Crippen LogP contribution in [0.4, 0.5) is 11.4 Å². The minimum atomic E-state index is -3.80. The SMILES string of the molecule is COc1cncc(N[C@@H]2C[C@@H](Nc3cncc(OC)c3)c3c2cc(S(=O)(=O)NCC(C)C)c2cc(C4CC4)ncc32)c1. The molecule has 0 spiro atoms. The lowest BCUT2D eigenvalue weighted by molar-refractivity contribution is 0.413. The Kier molecular flexibility index (Phi) is 7.63. The number of methoxy groups -OCH3 is 2. The van der Waals surface area contributed by atoms with Gasteiger partial charge >= 0.3 is 0 Å². The van der Waals surface area contributed by atoms with Crippen molar-refractivity contribution in [3.8, 4) is 11.5 Å². The number of ether oxygens (including phenoxy) is 2. The van der Waals surface area contributed by atoms with E-state index >= 15 is 0 Å². The molecular formula is C31H36N6O4S. The molecule has 0 unspecified atom stereocenters. The van der Waals surface area contributed by atoms with Gasteiger partial charge in [-0.2, -0.15) is 0 Å². The van der Waals surface area contributed by atoms with Crippen molar-refractivity contribution in [1.82, 2.24) is 19.7 Å². The summed E-state index contributed by atoms with van der Waals surface area (Å²) in [4.78, 5) is 13.7. The summed E-state index contributed by atoms with van der Waals surface area (Å²) in [6.45, 7) is 4.33. The van der Waals surface area contributed by atoms with Gasteiger partial charge < -0.3 is 20.1 Å². The van der Waals surface area contributed by atoms with Crippen molar-refractivity contribution >= 4 is 32.2 Å². The Labute approximate surface area is 246 Å². The maximum absolute atomic E-state index is 13.8. The Morgan fingerprint density at radius 2 is 1.50 bits per heavy atom. The zero-order valence-corrected chi connectivity index (χ0v) is 25.0. The molecule has 0 bridgehead atoms. The highest BCUT2D eigenvalue weighted by molar-refractivity contribution is 7.89. The van der Waals surface area contributed by atoms with Crippen LogP contribution in [0.15, 0.2) is 60.1 Å². The van der Waals surface area contributed by atoms with Crippen LogP contribution in [0.3, 0.4) is 0 Å². The van der Waals surface area contributed by atoms with E-state index in [0.29, 0.717) is 35.8 Å². The molecule has 0 amide bonds. The van der Waals surface area contributed by atoms with Crippen molar-refractivity contribution in [3.63, 3.8) is 0 Å². The largest absolute Gasteiger partial charge is 0.495 e. The van der Waals surface area contributed by atoms with Crippen LogP contribution in [0.5, 0.6) is 11.5 Å². The molecular weight excluding hydrogens is 552 g/mol. The third-order valence-corrected chi connectivity index (χ3v) is 9.28. The van der Waals surface area contributed by atoms with Gasteiger partial charge in [-0.05, 0) is 48.4 Å². The molecule has 6 rings (SSSR count). The minimum Gasteiger partial charge on any atom is -0.495 e. The van der Waals surface area contributed by atoms with Crippen LogP contribution in [-0.2, 0) is 10.0 Å². The predicted octanol–water partition coefficient (Wildman–Crippen LogP) is 5.56. The summed E-state index contributed by atoms with van der Waals surface area (Å²) in [5.41, 5.74) is 4.43. The standard InChI is InChI=1S/C31H36N6O4S/c1-18(2)12-35-42(38,39)30-10-25-28(36-20-7-22(40-3)15-32-13-20)11-29(37-21-8-23(41-4)16-33-14-21)31(25)26-17-34-27(9-24(26)30)19-5-6-19/h7-10,13-19,28-29,35-37H,5-6,11-12H2,1-4H3/t28-,29-/m1/s1. The molecule has 1 aromatic carbocycles. The highest BCUT2D eigenvalue weighted by atomic mass is 32.2. The number of hydrogen-bond donors (Lipinski definition) is 3. The molecule has 42 heavy (non-hydrogen) atoms. The first-order valence-electron chi connectivity index (χ1n) is 14.2. The van der Waals surface area contributed by atoms with Gasteiger partial charge in [0.05, 0.1) is 67.4 Å². The Bertz CT molecular complexity index is 1720. The second-order valence-electron chi connectivity index (χ2n) is 11.4. The Morgan fingerprint density at radius 3 is 2.10 bits per heavy atom. The molecule has 2 aliphatic rings. The molecule has 10 nitrogen and oxygen atoms in total. The van der Waals surface area contributed by atoms with E-state index in [9.17, 15) is 8.42 Å². The highest BCUT2D eigenvalue weighted by Gasteiger charge is 2.36. The summed E-state index contributed by atoms with van der Waals surface area (Å²) >= 11 is 0. The maximum atomic E-state index is 13.8. The molecule has 4 aromatic rings. The molecule has 11 heteroatoms. The minimum absolute atomic E-state index is 0.151. The molecule has 0 radical (unpaired) electrons. The van der Waals surface area contributed by atoms with Crippen LogP contribution < -0.4 is 24.8 Å². The summed E-state index contributed by atoms with van der Waals surface area (Å²) in [5, 5.41) is 8.74. The van der Waals surface area contributed by atoms with Crippen molar-refractivity contribution in [3.05, 3.63) is 72.1 Å². The van der Waals surface area contributed by atoms with Gasteiger partial charge in [-0.15, -0.1) is 0 Å². The molecule has 3 aromatic heterocycles. The molecule has 2 atom stereocenters. The lowest BCUT2D eigenvalue weighted by atomic mass is 9.98. The molecule has 1 fully saturated rings. The van der Waals surface area contributed by atoms with E-state index in [2.05, 4.69) is 25.3 Å². The van der Waals surface area contributed by atoms with Gasteiger partial charge in [0.2, 0.25) is 10.0 Å². The number of nitrogens with one attached hydrogen (secondary N) is 3. The van der Waals surface area contributed by atoms with Crippen LogP contribution in [0.25, 0.3) is 10.8 Å². The van der Waals surface area contributed by atoms with Gasteiger partial charge in [0.15, 0.2) is 0 Å². The number of sulfonamides is 1. The summed E-state index contributed by atoms with van der Waals surface area (Å²) in [6, 6.07) is 7.24. The van der Waals surface area contributed by atoms with E-state index in [0.717, 1.165) is 46.4 Å². The van der Waals surface area contributed by atoms with Gasteiger partial charge in [0, 0.05) is 47.3 Å². The highest BCUT2D eigenvalue weighted by Crippen LogP contribution is 2.48. The molecule has 1 saturated carbocycles. The normalized spacial score (nSPS) is 18.2. The quantitative estimate of drug-likeness (QED) is 0.206. The average Bonchev–Trinajstić information content (AvgIpc) is 3.79. The van der Waals surface area contributed by atoms with E-state index in [-0.39, 0.29) is 22.9 Å². The first-order valence-corrected chi connectivity index (χ1v) is 15.7. The number of benzene rings is 1. The van der Waals surface area contributed by atoms with Gasteiger partial charge in [-0.25, -0.2) is 13.1 Å². The van der Waals surface area contributed by atoms with Crippen molar-refractivity contribution < 1.29 is 17.9 Å². The molecule has 3 heterocycles. The number of pyridine rings is 3. The van der Waals surface area contributed by atoms with Crippen LogP contribution in [-0.4, -0.2) is 44.1 Å². The lowest BCUT2D eigenvalue weighted by Gasteiger charge is -2.20. The average molecular weight is 589 g/mol. The number of hydrogen-bond acceptors (Lipinski definition) is 9. The summed E-state index contributed by atoms with van der Waals surface area (Å²) < 4.78 is 41.3. The van der Waals surface area contributed by atoms with E-state index in [4.69, 9.17) is 14.5 Å². The Morgan fingerprint density at radius 1 is 0.857 bits per heavy atom. The number of aromatic nitrogens is 3. The fraction of sp³-hybridized carbons (Fsp3) is 0.387. The van der Waals surface area contributed by atoms with Crippen LogP contribution >= 0.6 is 0 Å². The number of fused-ring (bicyclic) bond motifs is 3. The smallest absolute Gasteiger partial charge is 0.241 e. The van der Waals surface area contributed by atoms with Crippen molar-refractivity contribution in [2.45, 2.75) is 56.0 Å². The summed E-state index contributed by atoms with van der Waals surface area (Å²) in [6.07, 6.45) is 11.5. The van der Waals surface area contributed by atoms with Crippen molar-refractivity contribution in [2.75, 3.05) is 31.4 Å². The van der Waals surface area contributed by atoms with Gasteiger partial charge in [0.25, 0.3) is 0 Å². The maximum Gasteiger partial charge on any atom is 0.241 e. The second-order valence-corrected chi connectivity index (χ2v) is 13.1. The molecule has 3 N–H and O–H groups in total. The summed E-state index contributed by atoms with van der Waals surface area (Å²) in [7, 11) is -0.591. The van der Waals surface area contributed by atoms with Crippen molar-refractivity contribution in [1.29, 1.82) is 0 Å². The molecule has 220 valence electrons. The van der Waals surface area contributed by atoms with Crippen LogP contribution in [0.1, 0.15) is 67.9 Å². The second kappa shape index (κ2) is 11.4. The Balaban J connectivity index is 1.51. The van der Waals surface area contributed by atoms with Gasteiger partial charge in [-0.1, -0.05) is 13.8 Å². The first kappa shape index (κ1) is 28.2. The van der Waals surface area contributed by atoms with Crippen molar-refractivity contribution in [2.24, 2.45) is 5.92 Å². The zero-order valence-electron chi connectivity index (χ0n) is 24.2. The van der Waals surface area contributed by atoms with Crippen LogP contribution in [0, 0.1) is 5.92 Å². The lowest BCUT2D eigenvalue weighted by Crippen LogP contribution is -2.28. The molecule has 0 aliphatic heterocycles. The first-order chi connectivity index (χ1) is 20.3. The fourth-order valence-corrected chi connectivity index (χ4v) is 7.02. The topological polar surface area (TPSA) is 127 Å². The number of anilines is 2. The van der Waals surface area contributed by atoms with E-state index in [1.54, 1.807) is 39.0 Å². The predicted molar refractivity (Wildman–Crippen MR) is 163 cm³/mol. The molecule has 2 aliphatic carbocycles. The van der Waals surface area contributed by atoms with E-state index in [1.807, 2.05) is 44.3 Å². The number of rotatable bonds is 11. The van der Waals surface area contributed by atoms with E-state index in [1.165, 1.54) is 0 Å². The van der Waals surface area contributed by atoms with E-state index < -0.39 is 10.0 Å². The summed E-state index contributed by atoms with van der Waals surface area (Å²) in [5.74, 6) is 1.83.